The van der Waals surface area contributed by atoms with E-state index in [1.807, 2.05) is 6.26 Å². The highest BCUT2D eigenvalue weighted by Crippen LogP contribution is 2.32. The third-order valence-corrected chi connectivity index (χ3v) is 7.58. The largest absolute Gasteiger partial charge is 0.382 e. The maximum Gasteiger partial charge on any atom is 0.190 e. The fraction of sp³-hybridized carbons (Fsp3) is 0.560. The van der Waals surface area contributed by atoms with E-state index in [0.29, 0.717) is 25.5 Å². The molecule has 0 unspecified atom stereocenters. The Morgan fingerprint density at radius 3 is 2.79 bits per heavy atom. The number of quaternary nitrogens is 1. The summed E-state index contributed by atoms with van der Waals surface area (Å²) in [5.74, 6) is 1.50. The number of aromatic nitrogens is 3. The molecular weight excluding hydrogens is 448 g/mol. The number of ether oxygens (including phenoxy) is 1. The van der Waals surface area contributed by atoms with Gasteiger partial charge in [0.25, 0.3) is 0 Å². The number of thioether (sulfide) groups is 1. The average molecular weight is 486 g/mol. The predicted molar refractivity (Wildman–Crippen MR) is 142 cm³/mol. The summed E-state index contributed by atoms with van der Waals surface area (Å²) >= 11 is 1.27. The van der Waals surface area contributed by atoms with Gasteiger partial charge in [-0.05, 0) is 18.7 Å². The highest BCUT2D eigenvalue weighted by molar-refractivity contribution is 8.13. The van der Waals surface area contributed by atoms with E-state index >= 15 is 0 Å². The van der Waals surface area contributed by atoms with E-state index in [1.54, 1.807) is 0 Å². The molecule has 184 valence electrons. The van der Waals surface area contributed by atoms with Gasteiger partial charge in [0.15, 0.2) is 5.12 Å². The van der Waals surface area contributed by atoms with Crippen LogP contribution in [-0.2, 0) is 16.0 Å². The summed E-state index contributed by atoms with van der Waals surface area (Å²) in [5, 5.41) is 1.25. The van der Waals surface area contributed by atoms with E-state index in [2.05, 4.69) is 47.0 Å². The first kappa shape index (κ1) is 24.9. The van der Waals surface area contributed by atoms with Crippen molar-refractivity contribution in [2.24, 2.45) is 0 Å². The molecule has 1 aromatic carbocycles. The van der Waals surface area contributed by atoms with Gasteiger partial charge in [-0.25, -0.2) is 9.97 Å². The molecule has 0 radical (unpaired) electrons. The number of aromatic amines is 1. The number of nitrogens with zero attached hydrogens (tertiary/aromatic N) is 4. The summed E-state index contributed by atoms with van der Waals surface area (Å²) in [6.07, 6.45) is 5.46. The number of carbonyl (C=O) groups excluding carboxylic acids is 1. The molecule has 1 fully saturated rings. The van der Waals surface area contributed by atoms with Crippen LogP contribution in [0.3, 0.4) is 0 Å². The number of pyridine rings is 1. The Hall–Kier alpha value is -2.20. The van der Waals surface area contributed by atoms with Crippen molar-refractivity contribution in [1.82, 2.24) is 24.3 Å². The second-order valence-corrected chi connectivity index (χ2v) is 10.2. The number of unbranched alkanes of at least 4 members (excludes halogenated alkanes) is 1. The van der Waals surface area contributed by atoms with Gasteiger partial charge in [0.1, 0.15) is 28.4 Å². The molecule has 1 saturated heterocycles. The van der Waals surface area contributed by atoms with Gasteiger partial charge in [-0.3, -0.25) is 14.2 Å². The van der Waals surface area contributed by atoms with Crippen molar-refractivity contribution in [1.29, 1.82) is 0 Å². The first-order valence-corrected chi connectivity index (χ1v) is 13.5. The van der Waals surface area contributed by atoms with E-state index < -0.39 is 0 Å². The van der Waals surface area contributed by atoms with Crippen LogP contribution in [0.25, 0.3) is 21.9 Å². The van der Waals surface area contributed by atoms with Crippen molar-refractivity contribution in [3.05, 3.63) is 24.0 Å². The summed E-state index contributed by atoms with van der Waals surface area (Å²) in [5.41, 5.74) is 10.2. The van der Waals surface area contributed by atoms with Crippen LogP contribution in [0.2, 0.25) is 0 Å². The maximum absolute atomic E-state index is 11.4. The van der Waals surface area contributed by atoms with Crippen molar-refractivity contribution >= 4 is 50.3 Å². The Kier molecular flexibility index (Phi) is 8.08. The number of carbonyl (C=O) groups is 1. The Morgan fingerprint density at radius 2 is 2.06 bits per heavy atom. The third kappa shape index (κ3) is 5.54. The number of imidazole rings is 1. The zero-order valence-electron chi connectivity index (χ0n) is 20.6. The van der Waals surface area contributed by atoms with Crippen LogP contribution in [0.1, 0.15) is 32.0 Å². The van der Waals surface area contributed by atoms with Crippen LogP contribution in [0.15, 0.2) is 18.2 Å². The van der Waals surface area contributed by atoms with Gasteiger partial charge < -0.3 is 15.5 Å². The Morgan fingerprint density at radius 1 is 1.26 bits per heavy atom. The van der Waals surface area contributed by atoms with Gasteiger partial charge >= 0.3 is 0 Å². The lowest BCUT2D eigenvalue weighted by atomic mass is 10.1. The number of H-pyrrole nitrogens is 1. The van der Waals surface area contributed by atoms with E-state index in [-0.39, 0.29) is 5.12 Å². The zero-order valence-corrected chi connectivity index (χ0v) is 21.4. The molecule has 0 atom stereocenters. The van der Waals surface area contributed by atoms with E-state index in [4.69, 9.17) is 15.5 Å². The summed E-state index contributed by atoms with van der Waals surface area (Å²) in [7, 11) is 2.31. The normalized spacial score (nSPS) is 16.4. The smallest absolute Gasteiger partial charge is 0.190 e. The lowest BCUT2D eigenvalue weighted by Gasteiger charge is -2.41. The zero-order chi connectivity index (χ0) is 24.1. The standard InChI is InChI=1S/C25H37N6O2S/c1-4-5-6-21-28-23-19-17-18(7-8-20(19)27-25(26)24(23)29-21)31(2)13-10-30(11-14-31)12-16-33-15-9-22(32)34-3/h7-8,17H,4-6,9-16H2,1-3H3,(H2,26,27)(H,28,29)/q+1. The van der Waals surface area contributed by atoms with Gasteiger partial charge in [-0.1, -0.05) is 25.1 Å². The molecule has 0 aliphatic carbocycles. The molecule has 2 aromatic heterocycles. The van der Waals surface area contributed by atoms with Crippen molar-refractivity contribution in [3.63, 3.8) is 0 Å². The molecule has 3 aromatic rings. The third-order valence-electron chi connectivity index (χ3n) is 6.93. The number of hydrogen-bond acceptors (Lipinski definition) is 7. The minimum absolute atomic E-state index is 0.184. The fourth-order valence-corrected chi connectivity index (χ4v) is 4.87. The molecule has 8 nitrogen and oxygen atoms in total. The van der Waals surface area contributed by atoms with Crippen molar-refractivity contribution < 1.29 is 9.53 Å². The highest BCUT2D eigenvalue weighted by atomic mass is 32.2. The number of anilines is 1. The van der Waals surface area contributed by atoms with Gasteiger partial charge in [-0.15, -0.1) is 0 Å². The number of nitrogen functional groups attached to an aromatic ring is 1. The minimum atomic E-state index is 0.184. The molecule has 0 spiro atoms. The number of piperazine rings is 1. The lowest BCUT2D eigenvalue weighted by molar-refractivity contribution is -0.112. The molecule has 0 bridgehead atoms. The summed E-state index contributed by atoms with van der Waals surface area (Å²) in [4.78, 5) is 26.7. The molecular formula is C25H37N6O2S+. The van der Waals surface area contributed by atoms with Gasteiger partial charge in [0.05, 0.1) is 38.9 Å². The average Bonchev–Trinajstić information content (AvgIpc) is 3.28. The maximum atomic E-state index is 11.4. The fourth-order valence-electron chi connectivity index (χ4n) is 4.58. The van der Waals surface area contributed by atoms with Crippen LogP contribution in [0.4, 0.5) is 11.5 Å². The van der Waals surface area contributed by atoms with Crippen LogP contribution < -0.4 is 10.2 Å². The van der Waals surface area contributed by atoms with E-state index in [1.165, 1.54) is 17.4 Å². The Balaban J connectivity index is 1.44. The van der Waals surface area contributed by atoms with Crippen LogP contribution in [0, 0.1) is 0 Å². The van der Waals surface area contributed by atoms with Gasteiger partial charge in [0, 0.05) is 50.0 Å². The van der Waals surface area contributed by atoms with Crippen LogP contribution in [-0.4, -0.2) is 84.2 Å². The molecule has 0 saturated carbocycles. The monoisotopic (exact) mass is 485 g/mol. The molecule has 4 rings (SSSR count). The first-order valence-electron chi connectivity index (χ1n) is 12.2. The molecule has 9 heteroatoms. The van der Waals surface area contributed by atoms with Crippen molar-refractivity contribution in [2.75, 3.05) is 65.0 Å². The van der Waals surface area contributed by atoms with E-state index in [9.17, 15) is 4.79 Å². The summed E-state index contributed by atoms with van der Waals surface area (Å²) in [6, 6.07) is 6.53. The van der Waals surface area contributed by atoms with Gasteiger partial charge in [0.2, 0.25) is 0 Å². The summed E-state index contributed by atoms with van der Waals surface area (Å²) in [6.45, 7) is 8.37. The molecule has 0 amide bonds. The number of benzene rings is 1. The van der Waals surface area contributed by atoms with Gasteiger partial charge in [-0.2, -0.15) is 0 Å². The molecule has 1 aliphatic rings. The predicted octanol–water partition coefficient (Wildman–Crippen LogP) is 3.58. The van der Waals surface area contributed by atoms with Crippen LogP contribution >= 0.6 is 11.8 Å². The second-order valence-electron chi connectivity index (χ2n) is 9.33. The minimum Gasteiger partial charge on any atom is -0.382 e. The number of nitrogens with one attached hydrogen (secondary N) is 1. The van der Waals surface area contributed by atoms with Crippen molar-refractivity contribution in [2.45, 2.75) is 32.6 Å². The first-order chi connectivity index (χ1) is 16.4. The van der Waals surface area contributed by atoms with Crippen LogP contribution in [0.5, 0.6) is 0 Å². The molecule has 34 heavy (non-hydrogen) atoms. The SMILES string of the molecule is CCCCc1nc2c([nH]1)c(N)nc1ccc([N+]3(C)CCN(CCOCCC(=O)SC)CC3)cc12. The molecule has 3 N–H and O–H groups in total. The number of rotatable bonds is 10. The number of nitrogens with two attached hydrogens (primary N) is 1. The lowest BCUT2D eigenvalue weighted by Crippen LogP contribution is -2.58. The topological polar surface area (TPSA) is 97.1 Å². The quantitative estimate of drug-likeness (QED) is 0.335. The molecule has 1 aliphatic heterocycles. The number of aryl methyl sites for hydroxylation is 1. The number of hydrogen-bond donors (Lipinski definition) is 2. The highest BCUT2D eigenvalue weighted by Gasteiger charge is 2.31. The Bertz CT molecular complexity index is 1140. The van der Waals surface area contributed by atoms with E-state index in [0.717, 1.165) is 84.2 Å². The number of likely N-dealkylation sites (N-methyl/N-ethyl adjacent to an activating group) is 1. The number of fused-ring (bicyclic) bond motifs is 3. The van der Waals surface area contributed by atoms with Crippen molar-refractivity contribution in [3.8, 4) is 0 Å². The second kappa shape index (κ2) is 11.0. The molecule has 3 heterocycles. The summed E-state index contributed by atoms with van der Waals surface area (Å²) < 4.78 is 6.55. The Labute approximate surface area is 205 Å².